The van der Waals surface area contributed by atoms with E-state index >= 15 is 0 Å². The smallest absolute Gasteiger partial charge is 0.254 e. The van der Waals surface area contributed by atoms with Crippen molar-refractivity contribution in [2.24, 2.45) is 0 Å². The second-order valence-corrected chi connectivity index (χ2v) is 4.05. The Kier molecular flexibility index (Phi) is 5.37. The predicted molar refractivity (Wildman–Crippen MR) is 77.5 cm³/mol. The van der Waals surface area contributed by atoms with Crippen molar-refractivity contribution in [1.29, 1.82) is 0 Å². The molecule has 0 aliphatic carbocycles. The van der Waals surface area contributed by atoms with E-state index in [0.29, 0.717) is 0 Å². The maximum Gasteiger partial charge on any atom is 0.254 e. The first-order valence-corrected chi connectivity index (χ1v) is 6.35. The summed E-state index contributed by atoms with van der Waals surface area (Å²) < 4.78 is 0. The van der Waals surface area contributed by atoms with Gasteiger partial charge in [0.2, 0.25) is 0 Å². The summed E-state index contributed by atoms with van der Waals surface area (Å²) in [6, 6.07) is 7.63. The number of benzene rings is 1. The van der Waals surface area contributed by atoms with Crippen LogP contribution in [0.5, 0.6) is 0 Å². The molecule has 96 valence electrons. The zero-order chi connectivity index (χ0) is 13.5. The summed E-state index contributed by atoms with van der Waals surface area (Å²) in [6.45, 7) is 11.4. The highest BCUT2D eigenvalue weighted by Gasteiger charge is 2.16. The van der Waals surface area contributed by atoms with Gasteiger partial charge in [-0.05, 0) is 38.0 Å². The molecule has 0 saturated heterocycles. The van der Waals surface area contributed by atoms with Crippen LogP contribution in [0, 0.1) is 0 Å². The van der Waals surface area contributed by atoms with Crippen molar-refractivity contribution >= 4 is 11.5 Å². The largest absolute Gasteiger partial charge is 0.339 e. The Bertz CT molecular complexity index is 456. The summed E-state index contributed by atoms with van der Waals surface area (Å²) in [5.74, 6) is 0.0706. The molecule has 0 atom stereocenters. The maximum absolute atomic E-state index is 12.4. The van der Waals surface area contributed by atoms with Crippen molar-refractivity contribution in [3.8, 4) is 0 Å². The molecule has 0 bridgehead atoms. The van der Waals surface area contributed by atoms with E-state index in [2.05, 4.69) is 6.58 Å². The highest BCUT2D eigenvalue weighted by atomic mass is 16.2. The number of hydrogen-bond donors (Lipinski definition) is 0. The molecule has 0 heterocycles. The third-order valence-corrected chi connectivity index (χ3v) is 2.92. The lowest BCUT2D eigenvalue weighted by molar-refractivity contribution is 0.0772. The molecule has 1 aromatic rings. The number of amides is 1. The summed E-state index contributed by atoms with van der Waals surface area (Å²) >= 11 is 0. The van der Waals surface area contributed by atoms with Crippen molar-refractivity contribution in [2.45, 2.75) is 20.8 Å². The SMILES string of the molecule is C=C(/C=C/C)c1ccccc1C(=O)N(CC)CC. The standard InChI is InChI=1S/C16H21NO/c1-5-10-13(4)14-11-8-9-12-15(14)16(18)17(6-2)7-3/h5,8-12H,4,6-7H2,1-3H3/b10-5+. The number of carbonyl (C=O) groups excluding carboxylic acids is 1. The lowest BCUT2D eigenvalue weighted by Crippen LogP contribution is -2.31. The quantitative estimate of drug-likeness (QED) is 0.721. The number of hydrogen-bond acceptors (Lipinski definition) is 1. The Morgan fingerprint density at radius 3 is 2.28 bits per heavy atom. The predicted octanol–water partition coefficient (Wildman–Crippen LogP) is 3.76. The van der Waals surface area contributed by atoms with Crippen LogP contribution in [0.3, 0.4) is 0 Å². The van der Waals surface area contributed by atoms with Crippen LogP contribution in [0.15, 0.2) is 43.0 Å². The monoisotopic (exact) mass is 243 g/mol. The van der Waals surface area contributed by atoms with Crippen molar-refractivity contribution in [3.05, 3.63) is 54.1 Å². The van der Waals surface area contributed by atoms with Gasteiger partial charge in [0.1, 0.15) is 0 Å². The lowest BCUT2D eigenvalue weighted by atomic mass is 9.99. The fourth-order valence-electron chi connectivity index (χ4n) is 1.92. The molecule has 0 radical (unpaired) electrons. The molecule has 0 saturated carbocycles. The molecule has 0 aromatic heterocycles. The second-order valence-electron chi connectivity index (χ2n) is 4.05. The van der Waals surface area contributed by atoms with Gasteiger partial charge in [-0.3, -0.25) is 4.79 Å². The molecule has 1 aromatic carbocycles. The van der Waals surface area contributed by atoms with Crippen molar-refractivity contribution in [1.82, 2.24) is 4.90 Å². The molecule has 0 aliphatic heterocycles. The summed E-state index contributed by atoms with van der Waals surface area (Å²) in [7, 11) is 0. The Labute approximate surface area is 110 Å². The first-order valence-electron chi connectivity index (χ1n) is 6.35. The van der Waals surface area contributed by atoms with E-state index in [1.165, 1.54) is 0 Å². The zero-order valence-corrected chi connectivity index (χ0v) is 11.4. The minimum Gasteiger partial charge on any atom is -0.339 e. The maximum atomic E-state index is 12.4. The van der Waals surface area contributed by atoms with Gasteiger partial charge in [-0.1, -0.05) is 36.9 Å². The van der Waals surface area contributed by atoms with E-state index < -0.39 is 0 Å². The Hall–Kier alpha value is -1.83. The molecular weight excluding hydrogens is 222 g/mol. The minimum atomic E-state index is 0.0706. The van der Waals surface area contributed by atoms with Gasteiger partial charge in [0.25, 0.3) is 5.91 Å². The summed E-state index contributed by atoms with van der Waals surface area (Å²) in [4.78, 5) is 14.2. The average Bonchev–Trinajstić information content (AvgIpc) is 2.40. The van der Waals surface area contributed by atoms with Gasteiger partial charge in [0.15, 0.2) is 0 Å². The number of allylic oxidation sites excluding steroid dienone is 3. The highest BCUT2D eigenvalue weighted by Crippen LogP contribution is 2.20. The van der Waals surface area contributed by atoms with Gasteiger partial charge in [0.05, 0.1) is 0 Å². The summed E-state index contributed by atoms with van der Waals surface area (Å²) in [5, 5.41) is 0. The van der Waals surface area contributed by atoms with Gasteiger partial charge in [0, 0.05) is 18.7 Å². The summed E-state index contributed by atoms with van der Waals surface area (Å²) in [5.41, 5.74) is 2.51. The molecule has 0 unspecified atom stereocenters. The first kappa shape index (κ1) is 14.2. The van der Waals surface area contributed by atoms with Crippen LogP contribution in [-0.2, 0) is 0 Å². The third kappa shape index (κ3) is 3.10. The van der Waals surface area contributed by atoms with E-state index in [1.807, 2.05) is 62.1 Å². The van der Waals surface area contributed by atoms with Crippen LogP contribution in [0.25, 0.3) is 5.57 Å². The number of rotatable bonds is 5. The molecule has 2 nitrogen and oxygen atoms in total. The minimum absolute atomic E-state index is 0.0706. The Morgan fingerprint density at radius 2 is 1.78 bits per heavy atom. The molecule has 0 spiro atoms. The molecule has 0 fully saturated rings. The highest BCUT2D eigenvalue weighted by molar-refractivity contribution is 6.00. The van der Waals surface area contributed by atoms with Crippen molar-refractivity contribution in [2.75, 3.05) is 13.1 Å². The van der Waals surface area contributed by atoms with Gasteiger partial charge in [-0.25, -0.2) is 0 Å². The fraction of sp³-hybridized carbons (Fsp3) is 0.312. The Morgan fingerprint density at radius 1 is 1.22 bits per heavy atom. The normalized spacial score (nSPS) is 10.6. The molecular formula is C16H21NO. The van der Waals surface area contributed by atoms with E-state index in [0.717, 1.165) is 29.8 Å². The first-order chi connectivity index (χ1) is 8.65. The van der Waals surface area contributed by atoms with Gasteiger partial charge < -0.3 is 4.90 Å². The molecule has 1 amide bonds. The Balaban J connectivity index is 3.16. The second kappa shape index (κ2) is 6.80. The summed E-state index contributed by atoms with van der Waals surface area (Å²) in [6.07, 6.45) is 3.86. The van der Waals surface area contributed by atoms with Crippen LogP contribution in [-0.4, -0.2) is 23.9 Å². The van der Waals surface area contributed by atoms with E-state index in [1.54, 1.807) is 0 Å². The van der Waals surface area contributed by atoms with Crippen LogP contribution in [0.4, 0.5) is 0 Å². The van der Waals surface area contributed by atoms with E-state index in [-0.39, 0.29) is 5.91 Å². The average molecular weight is 243 g/mol. The van der Waals surface area contributed by atoms with E-state index in [4.69, 9.17) is 0 Å². The third-order valence-electron chi connectivity index (χ3n) is 2.92. The van der Waals surface area contributed by atoms with Crippen LogP contribution in [0.1, 0.15) is 36.7 Å². The molecule has 1 rings (SSSR count). The van der Waals surface area contributed by atoms with Crippen LogP contribution in [0.2, 0.25) is 0 Å². The van der Waals surface area contributed by atoms with Crippen molar-refractivity contribution < 1.29 is 4.79 Å². The van der Waals surface area contributed by atoms with Crippen LogP contribution < -0.4 is 0 Å². The molecule has 18 heavy (non-hydrogen) atoms. The van der Waals surface area contributed by atoms with Gasteiger partial charge >= 0.3 is 0 Å². The number of nitrogens with zero attached hydrogens (tertiary/aromatic N) is 1. The molecule has 2 heteroatoms. The van der Waals surface area contributed by atoms with E-state index in [9.17, 15) is 4.79 Å². The topological polar surface area (TPSA) is 20.3 Å². The zero-order valence-electron chi connectivity index (χ0n) is 11.4. The van der Waals surface area contributed by atoms with Gasteiger partial charge in [-0.2, -0.15) is 0 Å². The molecule has 0 N–H and O–H groups in total. The number of carbonyl (C=O) groups is 1. The van der Waals surface area contributed by atoms with Crippen LogP contribution >= 0.6 is 0 Å². The fourth-order valence-corrected chi connectivity index (χ4v) is 1.92. The van der Waals surface area contributed by atoms with Gasteiger partial charge in [-0.15, -0.1) is 0 Å². The van der Waals surface area contributed by atoms with Crippen molar-refractivity contribution in [3.63, 3.8) is 0 Å². The molecule has 0 aliphatic rings. The lowest BCUT2D eigenvalue weighted by Gasteiger charge is -2.20.